The number of pyridine rings is 1. The molecule has 0 atom stereocenters. The van der Waals surface area contributed by atoms with Gasteiger partial charge in [0, 0.05) is 38.4 Å². The zero-order valence-electron chi connectivity index (χ0n) is 17.3. The van der Waals surface area contributed by atoms with Crippen LogP contribution in [-0.4, -0.2) is 40.5 Å². The van der Waals surface area contributed by atoms with Crippen molar-refractivity contribution in [1.29, 1.82) is 0 Å². The first-order valence-corrected chi connectivity index (χ1v) is 11.0. The van der Waals surface area contributed by atoms with Gasteiger partial charge in [-0.05, 0) is 41.5 Å². The Morgan fingerprint density at radius 2 is 1.47 bits per heavy atom. The molecule has 3 aromatic rings. The van der Waals surface area contributed by atoms with Crippen LogP contribution in [0.4, 0.5) is 4.39 Å². The second-order valence-electron chi connectivity index (χ2n) is 8.47. The average Bonchev–Trinajstić information content (AvgIpc) is 2.81. The van der Waals surface area contributed by atoms with Gasteiger partial charge < -0.3 is 0 Å². The van der Waals surface area contributed by atoms with E-state index in [0.29, 0.717) is 12.1 Å². The van der Waals surface area contributed by atoms with Gasteiger partial charge in [-0.1, -0.05) is 60.7 Å². The summed E-state index contributed by atoms with van der Waals surface area (Å²) >= 11 is 0. The highest BCUT2D eigenvalue weighted by molar-refractivity contribution is 5.32. The van der Waals surface area contributed by atoms with E-state index in [2.05, 4.69) is 75.4 Å². The maximum absolute atomic E-state index is 14.0. The van der Waals surface area contributed by atoms with Gasteiger partial charge in [0.15, 0.2) is 0 Å². The molecule has 0 unspecified atom stereocenters. The summed E-state index contributed by atoms with van der Waals surface area (Å²) in [6.45, 7) is 3.92. The lowest BCUT2D eigenvalue weighted by atomic mass is 9.92. The summed E-state index contributed by atoms with van der Waals surface area (Å²) in [7, 11) is 0. The minimum atomic E-state index is -0.143. The van der Waals surface area contributed by atoms with Gasteiger partial charge in [-0.15, -0.1) is 0 Å². The maximum atomic E-state index is 14.0. The second kappa shape index (κ2) is 8.66. The lowest BCUT2D eigenvalue weighted by Gasteiger charge is -2.43. The number of hydrogen-bond donors (Lipinski definition) is 0. The topological polar surface area (TPSA) is 19.4 Å². The first kappa shape index (κ1) is 19.4. The van der Waals surface area contributed by atoms with Gasteiger partial charge in [0.2, 0.25) is 0 Å². The van der Waals surface area contributed by atoms with Crippen molar-refractivity contribution in [3.8, 4) is 0 Å². The monoisotopic (exact) mass is 401 g/mol. The first-order chi connectivity index (χ1) is 14.8. The molecule has 1 fully saturated rings. The predicted octanol–water partition coefficient (Wildman–Crippen LogP) is 4.83. The number of piperidine rings is 1. The molecule has 2 aromatic carbocycles. The van der Waals surface area contributed by atoms with Crippen molar-refractivity contribution in [3.63, 3.8) is 0 Å². The maximum Gasteiger partial charge on any atom is 0.145 e. The summed E-state index contributed by atoms with van der Waals surface area (Å²) in [5.74, 6) is -0.143. The molecule has 3 heterocycles. The van der Waals surface area contributed by atoms with E-state index in [0.717, 1.165) is 56.6 Å². The van der Waals surface area contributed by atoms with Crippen LogP contribution in [0.1, 0.15) is 41.1 Å². The summed E-state index contributed by atoms with van der Waals surface area (Å²) in [5.41, 5.74) is 4.65. The van der Waals surface area contributed by atoms with Crippen molar-refractivity contribution in [2.75, 3.05) is 19.6 Å². The molecular formula is C26H28FN3. The highest BCUT2D eigenvalue weighted by Crippen LogP contribution is 2.33. The fraction of sp³-hybridized carbons (Fsp3) is 0.346. The Kier molecular flexibility index (Phi) is 5.60. The lowest BCUT2D eigenvalue weighted by molar-refractivity contribution is 0.0837. The molecule has 154 valence electrons. The molecule has 0 bridgehead atoms. The van der Waals surface area contributed by atoms with Crippen molar-refractivity contribution in [3.05, 3.63) is 101 Å². The average molecular weight is 402 g/mol. The van der Waals surface area contributed by atoms with Crippen molar-refractivity contribution >= 4 is 0 Å². The van der Waals surface area contributed by atoms with Gasteiger partial charge in [-0.3, -0.25) is 14.8 Å². The van der Waals surface area contributed by atoms with E-state index in [1.165, 1.54) is 17.3 Å². The van der Waals surface area contributed by atoms with E-state index >= 15 is 0 Å². The predicted molar refractivity (Wildman–Crippen MR) is 118 cm³/mol. The fourth-order valence-electron chi connectivity index (χ4n) is 5.18. The quantitative estimate of drug-likeness (QED) is 0.624. The van der Waals surface area contributed by atoms with Crippen LogP contribution < -0.4 is 0 Å². The first-order valence-electron chi connectivity index (χ1n) is 11.0. The van der Waals surface area contributed by atoms with Gasteiger partial charge >= 0.3 is 0 Å². The number of fused-ring (bicyclic) bond motifs is 1. The number of benzene rings is 2. The molecule has 0 saturated carbocycles. The molecule has 1 saturated heterocycles. The van der Waals surface area contributed by atoms with Gasteiger partial charge in [-0.25, -0.2) is 4.39 Å². The summed E-state index contributed by atoms with van der Waals surface area (Å²) in [4.78, 5) is 9.24. The van der Waals surface area contributed by atoms with Crippen molar-refractivity contribution in [2.45, 2.75) is 37.9 Å². The highest BCUT2D eigenvalue weighted by atomic mass is 19.1. The molecule has 0 spiro atoms. The zero-order chi connectivity index (χ0) is 20.3. The normalized spacial score (nSPS) is 18.5. The molecule has 0 amide bonds. The number of aromatic nitrogens is 1. The molecule has 0 radical (unpaired) electrons. The number of hydrogen-bond acceptors (Lipinski definition) is 3. The van der Waals surface area contributed by atoms with Gasteiger partial charge in [-0.2, -0.15) is 0 Å². The molecule has 3 nitrogen and oxygen atoms in total. The van der Waals surface area contributed by atoms with Gasteiger partial charge in [0.1, 0.15) is 5.82 Å². The van der Waals surface area contributed by atoms with E-state index in [9.17, 15) is 4.39 Å². The van der Waals surface area contributed by atoms with Crippen LogP contribution in [-0.2, 0) is 13.0 Å². The summed E-state index contributed by atoms with van der Waals surface area (Å²) in [6.07, 6.45) is 6.28. The third kappa shape index (κ3) is 3.90. The zero-order valence-corrected chi connectivity index (χ0v) is 17.3. The number of halogens is 1. The van der Waals surface area contributed by atoms with Crippen LogP contribution in [0.15, 0.2) is 73.1 Å². The Morgan fingerprint density at radius 1 is 0.833 bits per heavy atom. The third-order valence-electron chi connectivity index (χ3n) is 6.73. The van der Waals surface area contributed by atoms with Crippen LogP contribution in [0, 0.1) is 5.82 Å². The number of likely N-dealkylation sites (tertiary alicyclic amines) is 1. The van der Waals surface area contributed by atoms with E-state index in [4.69, 9.17) is 0 Å². The molecule has 2 aliphatic rings. The third-order valence-corrected chi connectivity index (χ3v) is 6.73. The Balaban J connectivity index is 1.30. The SMILES string of the molecule is Fc1cncc2c1CCN(C1CCN(C(c3ccccc3)c3ccccc3)CC1)C2. The van der Waals surface area contributed by atoms with E-state index in [-0.39, 0.29) is 5.82 Å². The standard InChI is InChI=1S/C26H28FN3/c27-25-18-28-17-22-19-30(16-13-24(22)25)23-11-14-29(15-12-23)26(20-7-3-1-4-8-20)21-9-5-2-6-10-21/h1-10,17-18,23,26H,11-16,19H2. The summed E-state index contributed by atoms with van der Waals surface area (Å²) in [5, 5.41) is 0. The molecule has 30 heavy (non-hydrogen) atoms. The molecule has 4 heteroatoms. The van der Waals surface area contributed by atoms with Crippen molar-refractivity contribution < 1.29 is 4.39 Å². The lowest BCUT2D eigenvalue weighted by Crippen LogP contribution is -2.47. The van der Waals surface area contributed by atoms with Crippen molar-refractivity contribution in [2.24, 2.45) is 0 Å². The fourth-order valence-corrected chi connectivity index (χ4v) is 5.18. The van der Waals surface area contributed by atoms with Gasteiger partial charge in [0.05, 0.1) is 12.2 Å². The number of rotatable bonds is 4. The van der Waals surface area contributed by atoms with Crippen molar-refractivity contribution in [1.82, 2.24) is 14.8 Å². The largest absolute Gasteiger partial charge is 0.296 e. The summed E-state index contributed by atoms with van der Waals surface area (Å²) < 4.78 is 14.0. The van der Waals surface area contributed by atoms with Crippen LogP contribution in [0.5, 0.6) is 0 Å². The van der Waals surface area contributed by atoms with Crippen LogP contribution in [0.2, 0.25) is 0 Å². The van der Waals surface area contributed by atoms with E-state index in [1.54, 1.807) is 0 Å². The molecule has 0 aliphatic carbocycles. The van der Waals surface area contributed by atoms with Crippen LogP contribution >= 0.6 is 0 Å². The van der Waals surface area contributed by atoms with Crippen LogP contribution in [0.25, 0.3) is 0 Å². The van der Waals surface area contributed by atoms with Gasteiger partial charge in [0.25, 0.3) is 0 Å². The highest BCUT2D eigenvalue weighted by Gasteiger charge is 2.31. The molecular weight excluding hydrogens is 373 g/mol. The molecule has 5 rings (SSSR count). The Bertz CT molecular complexity index is 929. The Hall–Kier alpha value is -2.56. The number of nitrogens with zero attached hydrogens (tertiary/aromatic N) is 3. The molecule has 0 N–H and O–H groups in total. The minimum absolute atomic E-state index is 0.143. The second-order valence-corrected chi connectivity index (χ2v) is 8.47. The Morgan fingerprint density at radius 3 is 2.10 bits per heavy atom. The molecule has 1 aromatic heterocycles. The smallest absolute Gasteiger partial charge is 0.145 e. The minimum Gasteiger partial charge on any atom is -0.296 e. The van der Waals surface area contributed by atoms with E-state index < -0.39 is 0 Å². The van der Waals surface area contributed by atoms with E-state index in [1.807, 2.05) is 6.20 Å². The Labute approximate surface area is 178 Å². The summed E-state index contributed by atoms with van der Waals surface area (Å²) in [6, 6.07) is 22.5. The van der Waals surface area contributed by atoms with Crippen LogP contribution in [0.3, 0.4) is 0 Å². The molecule has 2 aliphatic heterocycles.